The van der Waals surface area contributed by atoms with Crippen LogP contribution in [0.5, 0.6) is 0 Å². The van der Waals surface area contributed by atoms with Crippen molar-refractivity contribution in [3.63, 3.8) is 0 Å². The van der Waals surface area contributed by atoms with Crippen LogP contribution in [0.1, 0.15) is 54.4 Å². The average molecular weight is 339 g/mol. The summed E-state index contributed by atoms with van der Waals surface area (Å²) in [5, 5.41) is 11.0. The van der Waals surface area contributed by atoms with E-state index in [1.165, 1.54) is 0 Å². The number of nitrogens with one attached hydrogen (secondary N) is 1. The monoisotopic (exact) mass is 339 g/mol. The second-order valence-electron chi connectivity index (χ2n) is 5.79. The number of hydrogen-bond donors (Lipinski definition) is 1. The van der Waals surface area contributed by atoms with E-state index in [2.05, 4.69) is 34.4 Å². The van der Waals surface area contributed by atoms with Crippen molar-refractivity contribution in [1.82, 2.24) is 25.2 Å². The summed E-state index contributed by atoms with van der Waals surface area (Å²) in [4.78, 5) is 16.5. The van der Waals surface area contributed by atoms with Crippen LogP contribution in [0.3, 0.4) is 0 Å². The molecule has 0 aliphatic rings. The molecule has 3 aromatic heterocycles. The van der Waals surface area contributed by atoms with Gasteiger partial charge in [-0.1, -0.05) is 25.1 Å². The highest BCUT2D eigenvalue weighted by atomic mass is 16.5. The lowest BCUT2D eigenvalue weighted by Gasteiger charge is -2.06. The van der Waals surface area contributed by atoms with Gasteiger partial charge in [-0.25, -0.2) is 9.67 Å². The van der Waals surface area contributed by atoms with Gasteiger partial charge in [-0.3, -0.25) is 4.79 Å². The first kappa shape index (κ1) is 16.9. The van der Waals surface area contributed by atoms with Gasteiger partial charge >= 0.3 is 0 Å². The zero-order chi connectivity index (χ0) is 17.6. The minimum Gasteiger partial charge on any atom is -0.351 e. The molecule has 0 aliphatic carbocycles. The van der Waals surface area contributed by atoms with Gasteiger partial charge in [-0.2, -0.15) is 5.10 Å². The van der Waals surface area contributed by atoms with Crippen molar-refractivity contribution >= 4 is 5.91 Å². The lowest BCUT2D eigenvalue weighted by molar-refractivity contribution is 0.0913. The zero-order valence-electron chi connectivity index (χ0n) is 14.3. The fourth-order valence-electron chi connectivity index (χ4n) is 2.63. The molecule has 3 aromatic rings. The van der Waals surface area contributed by atoms with Crippen LogP contribution in [-0.4, -0.2) is 25.8 Å². The number of nitrogens with zero attached hydrogens (tertiary/aromatic N) is 4. The summed E-state index contributed by atoms with van der Waals surface area (Å²) in [5.41, 5.74) is 1.73. The first-order valence-electron chi connectivity index (χ1n) is 8.41. The predicted octanol–water partition coefficient (Wildman–Crippen LogP) is 3.09. The third kappa shape index (κ3) is 3.93. The van der Waals surface area contributed by atoms with E-state index < -0.39 is 0 Å². The number of carbonyl (C=O) groups is 1. The summed E-state index contributed by atoms with van der Waals surface area (Å²) in [7, 11) is 0. The molecule has 0 bridgehead atoms. The molecule has 25 heavy (non-hydrogen) atoms. The van der Waals surface area contributed by atoms with Crippen LogP contribution in [-0.2, 0) is 6.54 Å². The molecular formula is C18H21N5O2. The molecule has 1 amide bonds. The largest absolute Gasteiger partial charge is 0.351 e. The summed E-state index contributed by atoms with van der Waals surface area (Å²) in [6.45, 7) is 4.57. The first-order chi connectivity index (χ1) is 12.2. The number of pyridine rings is 1. The number of aromatic nitrogens is 4. The Morgan fingerprint density at radius 3 is 2.80 bits per heavy atom. The quantitative estimate of drug-likeness (QED) is 0.715. The van der Waals surface area contributed by atoms with E-state index in [1.54, 1.807) is 23.1 Å². The van der Waals surface area contributed by atoms with Crippen molar-refractivity contribution in [3.05, 3.63) is 59.9 Å². The summed E-state index contributed by atoms with van der Waals surface area (Å²) in [6.07, 6.45) is 7.18. The minimum atomic E-state index is -0.277. The van der Waals surface area contributed by atoms with Crippen LogP contribution >= 0.6 is 0 Å². The molecule has 3 rings (SSSR count). The normalized spacial score (nSPS) is 11.0. The van der Waals surface area contributed by atoms with Crippen molar-refractivity contribution in [2.75, 3.05) is 0 Å². The number of carbonyl (C=O) groups excluding carboxylic acids is 1. The van der Waals surface area contributed by atoms with E-state index in [4.69, 9.17) is 4.52 Å². The van der Waals surface area contributed by atoms with E-state index >= 15 is 0 Å². The highest BCUT2D eigenvalue weighted by Gasteiger charge is 2.17. The lowest BCUT2D eigenvalue weighted by Crippen LogP contribution is -2.22. The van der Waals surface area contributed by atoms with E-state index in [9.17, 15) is 4.79 Å². The van der Waals surface area contributed by atoms with E-state index in [-0.39, 0.29) is 11.7 Å². The fourth-order valence-corrected chi connectivity index (χ4v) is 2.63. The smallest absolute Gasteiger partial charge is 0.290 e. The second kappa shape index (κ2) is 7.74. The first-order valence-corrected chi connectivity index (χ1v) is 8.41. The summed E-state index contributed by atoms with van der Waals surface area (Å²) >= 11 is 0. The highest BCUT2D eigenvalue weighted by Crippen LogP contribution is 2.22. The molecule has 0 fully saturated rings. The zero-order valence-corrected chi connectivity index (χ0v) is 14.3. The third-order valence-corrected chi connectivity index (χ3v) is 4.16. The Morgan fingerprint density at radius 1 is 1.32 bits per heavy atom. The average Bonchev–Trinajstić information content (AvgIpc) is 3.33. The summed E-state index contributed by atoms with van der Waals surface area (Å²) in [5.74, 6) is 1.01. The Morgan fingerprint density at radius 2 is 2.16 bits per heavy atom. The SMILES string of the molecule is CCC(CC)c1cc(C(=O)NCc2ccc(-n3cccn3)nc2)on1. The molecule has 0 aromatic carbocycles. The van der Waals surface area contributed by atoms with E-state index in [0.717, 1.165) is 29.9 Å². The van der Waals surface area contributed by atoms with E-state index in [1.807, 2.05) is 24.4 Å². The molecule has 0 saturated carbocycles. The third-order valence-electron chi connectivity index (χ3n) is 4.16. The molecule has 0 saturated heterocycles. The Balaban J connectivity index is 1.59. The second-order valence-corrected chi connectivity index (χ2v) is 5.79. The molecular weight excluding hydrogens is 318 g/mol. The molecule has 7 nitrogen and oxygen atoms in total. The molecule has 7 heteroatoms. The molecule has 1 N–H and O–H groups in total. The van der Waals surface area contributed by atoms with Crippen LogP contribution in [0.2, 0.25) is 0 Å². The van der Waals surface area contributed by atoms with Gasteiger partial charge in [0.25, 0.3) is 5.91 Å². The minimum absolute atomic E-state index is 0.239. The number of rotatable bonds is 7. The van der Waals surface area contributed by atoms with Crippen molar-refractivity contribution < 1.29 is 9.32 Å². The van der Waals surface area contributed by atoms with Crippen molar-refractivity contribution in [2.45, 2.75) is 39.2 Å². The Bertz CT molecular complexity index is 804. The fraction of sp³-hybridized carbons (Fsp3) is 0.333. The number of hydrogen-bond acceptors (Lipinski definition) is 5. The standard InChI is InChI=1S/C18H21N5O2/c1-3-14(4-2)15-10-16(25-22-15)18(24)20-12-13-6-7-17(19-11-13)23-9-5-8-21-23/h5-11,14H,3-4,12H2,1-2H3,(H,20,24). The van der Waals surface area contributed by atoms with Gasteiger partial charge in [0, 0.05) is 37.1 Å². The van der Waals surface area contributed by atoms with Crippen LogP contribution < -0.4 is 5.32 Å². The van der Waals surface area contributed by atoms with Gasteiger partial charge in [-0.05, 0) is 30.5 Å². The number of amides is 1. The lowest BCUT2D eigenvalue weighted by atomic mass is 9.99. The van der Waals surface area contributed by atoms with Crippen LogP contribution in [0.15, 0.2) is 47.4 Å². The predicted molar refractivity (Wildman–Crippen MR) is 92.4 cm³/mol. The maximum absolute atomic E-state index is 12.2. The van der Waals surface area contributed by atoms with Crippen molar-refractivity contribution in [2.24, 2.45) is 0 Å². The highest BCUT2D eigenvalue weighted by molar-refractivity contribution is 5.91. The molecule has 0 radical (unpaired) electrons. The van der Waals surface area contributed by atoms with Gasteiger partial charge < -0.3 is 9.84 Å². The van der Waals surface area contributed by atoms with Crippen molar-refractivity contribution in [1.29, 1.82) is 0 Å². The van der Waals surface area contributed by atoms with Gasteiger partial charge in [0.15, 0.2) is 5.82 Å². The van der Waals surface area contributed by atoms with Crippen LogP contribution in [0.4, 0.5) is 0 Å². The molecule has 0 aliphatic heterocycles. The van der Waals surface area contributed by atoms with Gasteiger partial charge in [0.05, 0.1) is 5.69 Å². The van der Waals surface area contributed by atoms with Gasteiger partial charge in [0.1, 0.15) is 0 Å². The van der Waals surface area contributed by atoms with Crippen molar-refractivity contribution in [3.8, 4) is 5.82 Å². The van der Waals surface area contributed by atoms with Crippen LogP contribution in [0.25, 0.3) is 5.82 Å². The maximum atomic E-state index is 12.2. The van der Waals surface area contributed by atoms with Gasteiger partial charge in [-0.15, -0.1) is 0 Å². The topological polar surface area (TPSA) is 85.8 Å². The molecule has 0 atom stereocenters. The molecule has 3 heterocycles. The van der Waals surface area contributed by atoms with Crippen LogP contribution in [0, 0.1) is 0 Å². The summed E-state index contributed by atoms with van der Waals surface area (Å²) < 4.78 is 6.86. The molecule has 0 unspecified atom stereocenters. The van der Waals surface area contributed by atoms with Gasteiger partial charge in [0.2, 0.25) is 5.76 Å². The Labute approximate surface area is 146 Å². The van der Waals surface area contributed by atoms with E-state index in [0.29, 0.717) is 12.5 Å². The molecule has 130 valence electrons. The Hall–Kier alpha value is -2.96. The maximum Gasteiger partial charge on any atom is 0.290 e. The Kier molecular flexibility index (Phi) is 5.23. The molecule has 0 spiro atoms. The summed E-state index contributed by atoms with van der Waals surface area (Å²) in [6, 6.07) is 7.32.